The van der Waals surface area contributed by atoms with Crippen LogP contribution in [0.15, 0.2) is 0 Å². The molecule has 1 saturated heterocycles. The van der Waals surface area contributed by atoms with Gasteiger partial charge in [-0.2, -0.15) is 0 Å². The first-order chi connectivity index (χ1) is 8.58. The molecule has 0 bridgehead atoms. The first kappa shape index (κ1) is 14.6. The third-order valence-corrected chi connectivity index (χ3v) is 2.83. The van der Waals surface area contributed by atoms with Crippen LogP contribution in [0.4, 0.5) is 0 Å². The molecule has 0 spiro atoms. The fourth-order valence-electron chi connectivity index (χ4n) is 1.87. The number of carbonyl (C=O) groups excluding carboxylic acids is 3. The summed E-state index contributed by atoms with van der Waals surface area (Å²) >= 11 is 0. The maximum absolute atomic E-state index is 11.6. The van der Waals surface area contributed by atoms with Crippen molar-refractivity contribution >= 4 is 17.8 Å². The Labute approximate surface area is 107 Å². The number of hydrogen-bond acceptors (Lipinski definition) is 5. The first-order valence-corrected chi connectivity index (χ1v) is 6.31. The highest BCUT2D eigenvalue weighted by molar-refractivity contribution is 6.01. The van der Waals surface area contributed by atoms with Gasteiger partial charge < -0.3 is 4.74 Å². The van der Waals surface area contributed by atoms with E-state index in [-0.39, 0.29) is 30.9 Å². The standard InChI is InChI=1S/C12H20N2O4/c1-3-5-6-18-11(16)8-14-7-10(15)13-12(17)9(14)4-2/h9H,3-8H2,1-2H3,(H,13,15,17). The summed E-state index contributed by atoms with van der Waals surface area (Å²) in [5.41, 5.74) is 0. The Bertz CT molecular complexity index is 330. The van der Waals surface area contributed by atoms with Crippen LogP contribution >= 0.6 is 0 Å². The second-order valence-corrected chi connectivity index (χ2v) is 4.32. The third-order valence-electron chi connectivity index (χ3n) is 2.83. The van der Waals surface area contributed by atoms with E-state index in [1.54, 1.807) is 4.90 Å². The summed E-state index contributed by atoms with van der Waals surface area (Å²) < 4.78 is 5.02. The molecule has 102 valence electrons. The van der Waals surface area contributed by atoms with Crippen LogP contribution in [0.2, 0.25) is 0 Å². The summed E-state index contributed by atoms with van der Waals surface area (Å²) in [5, 5.41) is 2.26. The Morgan fingerprint density at radius 1 is 1.44 bits per heavy atom. The smallest absolute Gasteiger partial charge is 0.320 e. The second-order valence-electron chi connectivity index (χ2n) is 4.32. The molecule has 6 nitrogen and oxygen atoms in total. The lowest BCUT2D eigenvalue weighted by Gasteiger charge is -2.32. The van der Waals surface area contributed by atoms with Crippen LogP contribution in [-0.4, -0.2) is 48.4 Å². The van der Waals surface area contributed by atoms with Gasteiger partial charge in [-0.25, -0.2) is 0 Å². The van der Waals surface area contributed by atoms with Gasteiger partial charge in [0.1, 0.15) is 0 Å². The monoisotopic (exact) mass is 256 g/mol. The molecule has 0 aromatic carbocycles. The van der Waals surface area contributed by atoms with E-state index in [0.717, 1.165) is 12.8 Å². The van der Waals surface area contributed by atoms with E-state index >= 15 is 0 Å². The van der Waals surface area contributed by atoms with Gasteiger partial charge in [0.25, 0.3) is 0 Å². The van der Waals surface area contributed by atoms with E-state index in [9.17, 15) is 14.4 Å². The molecule has 1 atom stereocenters. The Balaban J connectivity index is 2.49. The summed E-state index contributed by atoms with van der Waals surface area (Å²) in [7, 11) is 0. The molecule has 0 saturated carbocycles. The van der Waals surface area contributed by atoms with E-state index in [1.165, 1.54) is 0 Å². The molecule has 0 aromatic heterocycles. The number of nitrogens with one attached hydrogen (secondary N) is 1. The van der Waals surface area contributed by atoms with Crippen molar-refractivity contribution in [3.8, 4) is 0 Å². The molecule has 1 heterocycles. The van der Waals surface area contributed by atoms with Crippen LogP contribution in [0.1, 0.15) is 33.1 Å². The number of unbranched alkanes of at least 4 members (excludes halogenated alkanes) is 1. The second kappa shape index (κ2) is 7.10. The van der Waals surface area contributed by atoms with Crippen LogP contribution in [-0.2, 0) is 19.1 Å². The summed E-state index contributed by atoms with van der Waals surface area (Å²) in [5.74, 6) is -1.09. The van der Waals surface area contributed by atoms with E-state index in [0.29, 0.717) is 13.0 Å². The van der Waals surface area contributed by atoms with Gasteiger partial charge in [0.2, 0.25) is 11.8 Å². The molecular weight excluding hydrogens is 236 g/mol. The van der Waals surface area contributed by atoms with Gasteiger partial charge in [-0.1, -0.05) is 20.3 Å². The topological polar surface area (TPSA) is 75.7 Å². The van der Waals surface area contributed by atoms with Gasteiger partial charge in [-0.05, 0) is 12.8 Å². The quantitative estimate of drug-likeness (QED) is 0.413. The molecule has 6 heteroatoms. The Morgan fingerprint density at radius 2 is 2.17 bits per heavy atom. The predicted molar refractivity (Wildman–Crippen MR) is 64.7 cm³/mol. The van der Waals surface area contributed by atoms with Gasteiger partial charge in [0.05, 0.1) is 25.7 Å². The highest BCUT2D eigenvalue weighted by Gasteiger charge is 2.33. The molecule has 1 unspecified atom stereocenters. The number of hydrogen-bond donors (Lipinski definition) is 1. The van der Waals surface area contributed by atoms with Gasteiger partial charge >= 0.3 is 5.97 Å². The summed E-state index contributed by atoms with van der Waals surface area (Å²) in [6, 6.07) is -0.429. The summed E-state index contributed by atoms with van der Waals surface area (Å²) in [6.45, 7) is 4.29. The molecule has 2 amide bonds. The van der Waals surface area contributed by atoms with Gasteiger partial charge in [0.15, 0.2) is 0 Å². The summed E-state index contributed by atoms with van der Waals surface area (Å²) in [6.07, 6.45) is 2.33. The maximum Gasteiger partial charge on any atom is 0.320 e. The van der Waals surface area contributed by atoms with E-state index in [1.807, 2.05) is 13.8 Å². The van der Waals surface area contributed by atoms with Crippen molar-refractivity contribution in [3.05, 3.63) is 0 Å². The third kappa shape index (κ3) is 4.10. The van der Waals surface area contributed by atoms with Crippen molar-refractivity contribution in [2.75, 3.05) is 19.7 Å². The van der Waals surface area contributed by atoms with Gasteiger partial charge in [0, 0.05) is 0 Å². The van der Waals surface area contributed by atoms with Crippen molar-refractivity contribution in [1.29, 1.82) is 0 Å². The number of imide groups is 1. The normalized spacial score (nSPS) is 20.7. The lowest BCUT2D eigenvalue weighted by Crippen LogP contribution is -2.58. The van der Waals surface area contributed by atoms with Crippen molar-refractivity contribution < 1.29 is 19.1 Å². The van der Waals surface area contributed by atoms with E-state index < -0.39 is 6.04 Å². The van der Waals surface area contributed by atoms with Crippen molar-refractivity contribution in [3.63, 3.8) is 0 Å². The molecule has 1 aliphatic heterocycles. The first-order valence-electron chi connectivity index (χ1n) is 6.31. The molecule has 1 fully saturated rings. The van der Waals surface area contributed by atoms with Crippen molar-refractivity contribution in [2.24, 2.45) is 0 Å². The largest absolute Gasteiger partial charge is 0.465 e. The van der Waals surface area contributed by atoms with Crippen LogP contribution < -0.4 is 5.32 Å². The Hall–Kier alpha value is -1.43. The predicted octanol–water partition coefficient (Wildman–Crippen LogP) is 0.0667. The molecule has 0 aliphatic carbocycles. The zero-order valence-corrected chi connectivity index (χ0v) is 10.9. The number of ether oxygens (including phenoxy) is 1. The molecule has 0 aromatic rings. The number of amides is 2. The fourth-order valence-corrected chi connectivity index (χ4v) is 1.87. The lowest BCUT2D eigenvalue weighted by molar-refractivity contribution is -0.149. The van der Waals surface area contributed by atoms with E-state index in [4.69, 9.17) is 4.74 Å². The Morgan fingerprint density at radius 3 is 2.78 bits per heavy atom. The van der Waals surface area contributed by atoms with E-state index in [2.05, 4.69) is 5.32 Å². The molecule has 18 heavy (non-hydrogen) atoms. The van der Waals surface area contributed by atoms with Crippen LogP contribution in [0.3, 0.4) is 0 Å². The minimum atomic E-state index is -0.429. The van der Waals surface area contributed by atoms with Crippen molar-refractivity contribution in [1.82, 2.24) is 10.2 Å². The molecule has 0 radical (unpaired) electrons. The minimum Gasteiger partial charge on any atom is -0.465 e. The highest BCUT2D eigenvalue weighted by Crippen LogP contribution is 2.09. The molecule has 1 N–H and O–H groups in total. The minimum absolute atomic E-state index is 0.0125. The number of nitrogens with zero attached hydrogens (tertiary/aromatic N) is 1. The van der Waals surface area contributed by atoms with Crippen LogP contribution in [0.5, 0.6) is 0 Å². The maximum atomic E-state index is 11.6. The fraction of sp³-hybridized carbons (Fsp3) is 0.750. The zero-order valence-electron chi connectivity index (χ0n) is 10.9. The number of piperazine rings is 1. The molecule has 1 aliphatic rings. The average Bonchev–Trinajstić information content (AvgIpc) is 2.28. The lowest BCUT2D eigenvalue weighted by atomic mass is 10.1. The van der Waals surface area contributed by atoms with Crippen molar-refractivity contribution in [2.45, 2.75) is 39.2 Å². The number of carbonyl (C=O) groups is 3. The Kier molecular flexibility index (Phi) is 5.77. The average molecular weight is 256 g/mol. The van der Waals surface area contributed by atoms with Gasteiger partial charge in [-0.15, -0.1) is 0 Å². The zero-order chi connectivity index (χ0) is 13.5. The highest BCUT2D eigenvalue weighted by atomic mass is 16.5. The molecular formula is C12H20N2O4. The van der Waals surface area contributed by atoms with Crippen LogP contribution in [0.25, 0.3) is 0 Å². The molecule has 1 rings (SSSR count). The summed E-state index contributed by atoms with van der Waals surface area (Å²) in [4.78, 5) is 35.9. The number of rotatable bonds is 6. The number of esters is 1. The van der Waals surface area contributed by atoms with Crippen LogP contribution in [0, 0.1) is 0 Å². The SMILES string of the molecule is CCCCOC(=O)CN1CC(=O)NC(=O)C1CC. The van der Waals surface area contributed by atoms with Gasteiger partial charge in [-0.3, -0.25) is 24.6 Å².